The molecule has 2 unspecified atom stereocenters. The van der Waals surface area contributed by atoms with Crippen LogP contribution in [0.5, 0.6) is 0 Å². The molecule has 0 aliphatic carbocycles. The van der Waals surface area contributed by atoms with E-state index in [0.717, 1.165) is 148 Å². The van der Waals surface area contributed by atoms with Gasteiger partial charge in [0.1, 0.15) is 30.5 Å². The topological polar surface area (TPSA) is 193 Å². The van der Waals surface area contributed by atoms with Gasteiger partial charge in [0, 0.05) is 31.7 Å². The number of aliphatic hydroxyl groups excluding tert-OH is 1. The van der Waals surface area contributed by atoms with E-state index in [0.29, 0.717) is 38.6 Å². The standard InChI is InChI=1S/C96H180N2O13/c1-8-14-20-26-32-38-41-47-53-59-65-73-90(102)107-84(70-62-56-50-44-35-29-23-17-11-4)77-88(100)97-94-95(111-93(105)79-86(72-64-58-52-46-37-31-25-19-13-6)109-92(104)75-67-61-55-49-43-40-34-28-22-16-10-3)82(7)87(80-99)110-96(94)106-81-83-69-68-76-98(83)89(101)78-85(71-63-57-51-45-36-30-24-18-12-5)108-91(103)74-66-60-54-48-42-39-33-27-21-15-9-2/h82-87,94-96,99H,8-81H2,1-7H3,(H,97,100)/t82-,83+,84-,85-,86-,87?,94?,95+,96-/m1/s1. The summed E-state index contributed by atoms with van der Waals surface area (Å²) in [6.45, 7) is 15.4. The lowest BCUT2D eigenvalue weighted by Gasteiger charge is -2.45. The molecule has 0 saturated carbocycles. The minimum Gasteiger partial charge on any atom is -0.462 e. The zero-order chi connectivity index (χ0) is 80.5. The third-order valence-electron chi connectivity index (χ3n) is 23.9. The Hall–Kier alpha value is -3.30. The van der Waals surface area contributed by atoms with Gasteiger partial charge in [-0.3, -0.25) is 28.8 Å². The van der Waals surface area contributed by atoms with Crippen molar-refractivity contribution in [3.8, 4) is 0 Å². The molecule has 2 aliphatic heterocycles. The quantitative estimate of drug-likeness (QED) is 0.0332. The molecule has 2 amide bonds. The Kier molecular flexibility index (Phi) is 70.5. The summed E-state index contributed by atoms with van der Waals surface area (Å²) in [5.74, 6) is -2.56. The second-order valence-corrected chi connectivity index (χ2v) is 34.5. The number of hydrogen-bond acceptors (Lipinski definition) is 13. The average molecular weight is 1570 g/mol. The minimum absolute atomic E-state index is 0.0331. The Morgan fingerprint density at radius 1 is 0.378 bits per heavy atom. The maximum absolute atomic E-state index is 15.0. The lowest BCUT2D eigenvalue weighted by molar-refractivity contribution is -0.261. The lowest BCUT2D eigenvalue weighted by Crippen LogP contribution is -2.63. The molecule has 9 atom stereocenters. The van der Waals surface area contributed by atoms with Gasteiger partial charge in [-0.2, -0.15) is 0 Å². The molecule has 15 heteroatoms. The van der Waals surface area contributed by atoms with Crippen LogP contribution in [0.3, 0.4) is 0 Å². The highest BCUT2D eigenvalue weighted by Gasteiger charge is 2.48. The zero-order valence-electron chi connectivity index (χ0n) is 73.8. The van der Waals surface area contributed by atoms with Gasteiger partial charge >= 0.3 is 23.9 Å². The highest BCUT2D eigenvalue weighted by atomic mass is 16.7. The molecule has 0 aromatic rings. The van der Waals surface area contributed by atoms with E-state index >= 15 is 0 Å². The van der Waals surface area contributed by atoms with E-state index in [1.807, 2.05) is 11.8 Å². The summed E-state index contributed by atoms with van der Waals surface area (Å²) in [6, 6.07) is -1.45. The van der Waals surface area contributed by atoms with Crippen LogP contribution in [-0.4, -0.2) is 114 Å². The first-order valence-electron chi connectivity index (χ1n) is 48.6. The fraction of sp³-hybridized carbons (Fsp3) is 0.938. The number of esters is 4. The van der Waals surface area contributed by atoms with Gasteiger partial charge in [-0.15, -0.1) is 0 Å². The summed E-state index contributed by atoms with van der Waals surface area (Å²) in [5, 5.41) is 14.3. The monoisotopic (exact) mass is 1570 g/mol. The number of hydrogen-bond donors (Lipinski definition) is 2. The summed E-state index contributed by atoms with van der Waals surface area (Å²) in [5.41, 5.74) is 0. The highest BCUT2D eigenvalue weighted by molar-refractivity contribution is 5.79. The predicted octanol–water partition coefficient (Wildman–Crippen LogP) is 26.5. The van der Waals surface area contributed by atoms with E-state index in [9.17, 15) is 33.9 Å². The first-order chi connectivity index (χ1) is 54.3. The van der Waals surface area contributed by atoms with Crippen molar-refractivity contribution in [1.29, 1.82) is 0 Å². The first kappa shape index (κ1) is 104. The van der Waals surface area contributed by atoms with Crippen molar-refractivity contribution >= 4 is 35.7 Å². The highest BCUT2D eigenvalue weighted by Crippen LogP contribution is 2.33. The summed E-state index contributed by atoms with van der Waals surface area (Å²) < 4.78 is 38.9. The number of rotatable bonds is 81. The van der Waals surface area contributed by atoms with Crippen LogP contribution >= 0.6 is 0 Å². The number of amides is 2. The molecule has 15 nitrogen and oxygen atoms in total. The maximum atomic E-state index is 15.0. The number of ether oxygens (including phenoxy) is 6. The van der Waals surface area contributed by atoms with Gasteiger partial charge in [-0.1, -0.05) is 395 Å². The van der Waals surface area contributed by atoms with E-state index in [2.05, 4.69) is 46.9 Å². The Morgan fingerprint density at radius 2 is 0.667 bits per heavy atom. The number of aliphatic hydroxyl groups is 1. The van der Waals surface area contributed by atoms with Crippen molar-refractivity contribution in [3.63, 3.8) is 0 Å². The van der Waals surface area contributed by atoms with Crippen LogP contribution in [0.2, 0.25) is 0 Å². The molecule has 0 spiro atoms. The smallest absolute Gasteiger partial charge is 0.309 e. The van der Waals surface area contributed by atoms with Gasteiger partial charge in [-0.25, -0.2) is 0 Å². The van der Waals surface area contributed by atoms with Crippen molar-refractivity contribution in [1.82, 2.24) is 10.2 Å². The molecule has 0 aromatic carbocycles. The summed E-state index contributed by atoms with van der Waals surface area (Å²) in [7, 11) is 0. The van der Waals surface area contributed by atoms with Gasteiger partial charge in [0.25, 0.3) is 0 Å². The third-order valence-corrected chi connectivity index (χ3v) is 23.9. The molecule has 2 aliphatic rings. The summed E-state index contributed by atoms with van der Waals surface area (Å²) in [4.78, 5) is 87.6. The molecule has 2 saturated heterocycles. The Balaban J connectivity index is 2.48. The molecule has 2 heterocycles. The second kappa shape index (κ2) is 75.4. The van der Waals surface area contributed by atoms with Crippen molar-refractivity contribution in [2.24, 2.45) is 5.92 Å². The minimum atomic E-state index is -1.23. The predicted molar refractivity (Wildman–Crippen MR) is 460 cm³/mol. The van der Waals surface area contributed by atoms with Gasteiger partial charge < -0.3 is 43.7 Å². The van der Waals surface area contributed by atoms with Gasteiger partial charge in [0.05, 0.1) is 44.6 Å². The number of carbonyl (C=O) groups excluding carboxylic acids is 6. The van der Waals surface area contributed by atoms with E-state index in [1.165, 1.54) is 244 Å². The van der Waals surface area contributed by atoms with Crippen molar-refractivity contribution in [2.75, 3.05) is 19.8 Å². The fourth-order valence-electron chi connectivity index (χ4n) is 16.6. The van der Waals surface area contributed by atoms with Crippen LogP contribution < -0.4 is 5.32 Å². The molecule has 0 radical (unpaired) electrons. The fourth-order valence-corrected chi connectivity index (χ4v) is 16.6. The molecule has 0 aromatic heterocycles. The Bertz CT molecular complexity index is 2160. The zero-order valence-corrected chi connectivity index (χ0v) is 73.8. The molecule has 2 N–H and O–H groups in total. The Morgan fingerprint density at radius 3 is 0.982 bits per heavy atom. The first-order valence-corrected chi connectivity index (χ1v) is 48.6. The number of carbonyl (C=O) groups is 6. The van der Waals surface area contributed by atoms with Gasteiger partial charge in [0.2, 0.25) is 11.8 Å². The number of unbranched alkanes of at least 4 members (excludes halogenated alkanes) is 54. The lowest BCUT2D eigenvalue weighted by atomic mass is 9.88. The van der Waals surface area contributed by atoms with E-state index < -0.39 is 67.3 Å². The number of likely N-dealkylation sites (tertiary alicyclic amines) is 1. The third kappa shape index (κ3) is 58.3. The van der Waals surface area contributed by atoms with Gasteiger partial charge in [0.15, 0.2) is 6.29 Å². The normalized spacial score (nSPS) is 17.9. The summed E-state index contributed by atoms with van der Waals surface area (Å²) >= 11 is 0. The van der Waals surface area contributed by atoms with Crippen LogP contribution in [0.25, 0.3) is 0 Å². The number of nitrogens with one attached hydrogen (secondary N) is 1. The molecule has 2 fully saturated rings. The number of nitrogens with zero attached hydrogens (tertiary/aromatic N) is 1. The van der Waals surface area contributed by atoms with E-state index in [-0.39, 0.29) is 68.6 Å². The molecule has 111 heavy (non-hydrogen) atoms. The van der Waals surface area contributed by atoms with Crippen molar-refractivity contribution < 1.29 is 62.3 Å². The van der Waals surface area contributed by atoms with Crippen LogP contribution in [0, 0.1) is 5.92 Å². The van der Waals surface area contributed by atoms with E-state index in [1.54, 1.807) is 0 Å². The summed E-state index contributed by atoms with van der Waals surface area (Å²) in [6.07, 6.45) is 68.4. The van der Waals surface area contributed by atoms with Crippen LogP contribution in [-0.2, 0) is 57.2 Å². The molecule has 0 bridgehead atoms. The Labute approximate surface area is 683 Å². The van der Waals surface area contributed by atoms with Crippen LogP contribution in [0.1, 0.15) is 504 Å². The molecule has 652 valence electrons. The van der Waals surface area contributed by atoms with Gasteiger partial charge in [-0.05, 0) is 70.6 Å². The van der Waals surface area contributed by atoms with Crippen molar-refractivity contribution in [3.05, 3.63) is 0 Å². The van der Waals surface area contributed by atoms with Crippen LogP contribution in [0.15, 0.2) is 0 Å². The van der Waals surface area contributed by atoms with Crippen LogP contribution in [0.4, 0.5) is 0 Å². The second-order valence-electron chi connectivity index (χ2n) is 34.5. The molecule has 2 rings (SSSR count). The maximum Gasteiger partial charge on any atom is 0.309 e. The van der Waals surface area contributed by atoms with E-state index in [4.69, 9.17) is 28.4 Å². The average Bonchev–Trinajstić information content (AvgIpc) is 1.06. The SMILES string of the molecule is CCCCCCCCCCCCCC(=O)O[C@H](CCCCCCCCCCC)CC(=O)NC1[C@H](OC[C@@H]2CCCN2C(=O)C[C@@H](CCCCCCCCCCC)OC(=O)CCCCCCCCCCCCC)OC(CO)[C@@H](C)[C@@H]1OC(=O)C[C@@H](CCCCCCCCCCC)OC(=O)CCCCCCCCCCCCC. The van der Waals surface area contributed by atoms with Crippen molar-refractivity contribution in [2.45, 2.75) is 553 Å². The molecular formula is C96H180N2O13. The largest absolute Gasteiger partial charge is 0.462 e. The molecular weight excluding hydrogens is 1390 g/mol.